The van der Waals surface area contributed by atoms with Crippen molar-refractivity contribution in [2.75, 3.05) is 32.8 Å². The van der Waals surface area contributed by atoms with Crippen molar-refractivity contribution in [2.45, 2.75) is 31.3 Å². The van der Waals surface area contributed by atoms with E-state index >= 15 is 0 Å². The first-order valence-corrected chi connectivity index (χ1v) is 8.23. The molecule has 1 aliphatic carbocycles. The molecule has 4 heteroatoms. The third-order valence-corrected chi connectivity index (χ3v) is 5.41. The molecule has 2 aliphatic heterocycles. The first-order valence-electron chi connectivity index (χ1n) is 8.23. The van der Waals surface area contributed by atoms with Gasteiger partial charge in [0.15, 0.2) is 0 Å². The van der Waals surface area contributed by atoms with Crippen LogP contribution in [0.25, 0.3) is 0 Å². The summed E-state index contributed by atoms with van der Waals surface area (Å²) < 4.78 is 12.0. The van der Waals surface area contributed by atoms with E-state index in [1.807, 2.05) is 12.1 Å². The van der Waals surface area contributed by atoms with Crippen LogP contribution in [0.5, 0.6) is 5.75 Å². The molecule has 0 N–H and O–H groups in total. The van der Waals surface area contributed by atoms with E-state index in [1.54, 1.807) is 12.4 Å². The molecule has 0 aromatic carbocycles. The van der Waals surface area contributed by atoms with E-state index in [0.717, 1.165) is 44.4 Å². The quantitative estimate of drug-likeness (QED) is 0.833. The standard InChI is InChI=1S/C17H24N2O2/c1-3-14(4-1)10-19-12-17(13-19)15(6-8-21-17)11-20-16-5-2-7-18-9-16/h2,5,7,9,14-15H,1,3-4,6,8,10-13H2. The lowest BCUT2D eigenvalue weighted by Crippen LogP contribution is -2.66. The predicted molar refractivity (Wildman–Crippen MR) is 80.3 cm³/mol. The minimum Gasteiger partial charge on any atom is -0.492 e. The molecule has 0 amide bonds. The van der Waals surface area contributed by atoms with Crippen LogP contribution in [-0.2, 0) is 4.74 Å². The zero-order valence-electron chi connectivity index (χ0n) is 12.5. The molecule has 21 heavy (non-hydrogen) atoms. The summed E-state index contributed by atoms with van der Waals surface area (Å²) >= 11 is 0. The van der Waals surface area contributed by atoms with Crippen molar-refractivity contribution in [3.05, 3.63) is 24.5 Å². The van der Waals surface area contributed by atoms with Crippen molar-refractivity contribution < 1.29 is 9.47 Å². The highest BCUT2D eigenvalue weighted by atomic mass is 16.5. The van der Waals surface area contributed by atoms with E-state index < -0.39 is 0 Å². The van der Waals surface area contributed by atoms with Gasteiger partial charge in [0.25, 0.3) is 0 Å². The lowest BCUT2D eigenvalue weighted by atomic mass is 9.78. The second kappa shape index (κ2) is 5.58. The Balaban J connectivity index is 1.29. The average molecular weight is 288 g/mol. The van der Waals surface area contributed by atoms with Gasteiger partial charge in [-0.25, -0.2) is 0 Å². The van der Waals surface area contributed by atoms with Crippen LogP contribution >= 0.6 is 0 Å². The highest BCUT2D eigenvalue weighted by Gasteiger charge is 2.53. The van der Waals surface area contributed by atoms with Gasteiger partial charge < -0.3 is 9.47 Å². The molecule has 114 valence electrons. The van der Waals surface area contributed by atoms with E-state index in [4.69, 9.17) is 9.47 Å². The van der Waals surface area contributed by atoms with Crippen molar-refractivity contribution in [1.82, 2.24) is 9.88 Å². The highest BCUT2D eigenvalue weighted by Crippen LogP contribution is 2.41. The van der Waals surface area contributed by atoms with Crippen LogP contribution in [0.1, 0.15) is 25.7 Å². The molecule has 1 spiro atoms. The van der Waals surface area contributed by atoms with Gasteiger partial charge in [-0.1, -0.05) is 6.42 Å². The number of rotatable bonds is 5. The van der Waals surface area contributed by atoms with Gasteiger partial charge in [0.1, 0.15) is 5.75 Å². The molecule has 1 aromatic heterocycles. The summed E-state index contributed by atoms with van der Waals surface area (Å²) in [5.41, 5.74) is 0.0754. The monoisotopic (exact) mass is 288 g/mol. The van der Waals surface area contributed by atoms with Crippen LogP contribution < -0.4 is 4.74 Å². The molecule has 4 rings (SSSR count). The van der Waals surface area contributed by atoms with Gasteiger partial charge in [-0.2, -0.15) is 0 Å². The molecule has 3 aliphatic rings. The fourth-order valence-corrected chi connectivity index (χ4v) is 3.88. The van der Waals surface area contributed by atoms with Crippen molar-refractivity contribution in [3.8, 4) is 5.75 Å². The third kappa shape index (κ3) is 2.67. The van der Waals surface area contributed by atoms with Crippen LogP contribution in [0.4, 0.5) is 0 Å². The summed E-state index contributed by atoms with van der Waals surface area (Å²) in [7, 11) is 0. The molecule has 3 fully saturated rings. The molecule has 1 saturated carbocycles. The van der Waals surface area contributed by atoms with Gasteiger partial charge in [0.05, 0.1) is 18.4 Å². The smallest absolute Gasteiger partial charge is 0.137 e. The summed E-state index contributed by atoms with van der Waals surface area (Å²) in [6.45, 7) is 5.12. The van der Waals surface area contributed by atoms with Gasteiger partial charge in [0.2, 0.25) is 0 Å². The van der Waals surface area contributed by atoms with Crippen LogP contribution in [0, 0.1) is 11.8 Å². The van der Waals surface area contributed by atoms with Crippen LogP contribution in [0.3, 0.4) is 0 Å². The minimum atomic E-state index is 0.0754. The van der Waals surface area contributed by atoms with Crippen molar-refractivity contribution in [2.24, 2.45) is 11.8 Å². The fourth-order valence-electron chi connectivity index (χ4n) is 3.88. The Labute approximate surface area is 126 Å². The first kappa shape index (κ1) is 13.5. The maximum absolute atomic E-state index is 6.10. The van der Waals surface area contributed by atoms with E-state index in [1.165, 1.54) is 25.8 Å². The van der Waals surface area contributed by atoms with Crippen molar-refractivity contribution >= 4 is 0 Å². The largest absolute Gasteiger partial charge is 0.492 e. The van der Waals surface area contributed by atoms with E-state index in [-0.39, 0.29) is 5.60 Å². The molecule has 1 unspecified atom stereocenters. The van der Waals surface area contributed by atoms with Crippen LogP contribution in [0.2, 0.25) is 0 Å². The van der Waals surface area contributed by atoms with Gasteiger partial charge >= 0.3 is 0 Å². The zero-order chi connectivity index (χ0) is 14.1. The highest BCUT2D eigenvalue weighted by molar-refractivity contribution is 5.16. The molecule has 1 aromatic rings. The van der Waals surface area contributed by atoms with Gasteiger partial charge in [-0.15, -0.1) is 0 Å². The molecule has 3 heterocycles. The first-order chi connectivity index (χ1) is 10.3. The Morgan fingerprint density at radius 1 is 1.33 bits per heavy atom. The molecule has 0 radical (unpaired) electrons. The Morgan fingerprint density at radius 3 is 2.95 bits per heavy atom. The Hall–Kier alpha value is -1.13. The van der Waals surface area contributed by atoms with E-state index in [9.17, 15) is 0 Å². The number of nitrogens with zero attached hydrogens (tertiary/aromatic N) is 2. The summed E-state index contributed by atoms with van der Waals surface area (Å²) in [5.74, 6) is 2.34. The number of pyridine rings is 1. The topological polar surface area (TPSA) is 34.6 Å². The zero-order valence-corrected chi connectivity index (χ0v) is 12.5. The van der Waals surface area contributed by atoms with Gasteiger partial charge in [0, 0.05) is 38.4 Å². The maximum atomic E-state index is 6.10. The molecule has 0 bridgehead atoms. The fraction of sp³-hybridized carbons (Fsp3) is 0.706. The van der Waals surface area contributed by atoms with E-state index in [0.29, 0.717) is 5.92 Å². The Morgan fingerprint density at radius 2 is 2.24 bits per heavy atom. The minimum absolute atomic E-state index is 0.0754. The molecule has 1 atom stereocenters. The number of hydrogen-bond acceptors (Lipinski definition) is 4. The number of aromatic nitrogens is 1. The number of hydrogen-bond donors (Lipinski definition) is 0. The number of likely N-dealkylation sites (tertiary alicyclic amines) is 1. The summed E-state index contributed by atoms with van der Waals surface area (Å²) in [4.78, 5) is 6.67. The Kier molecular flexibility index (Phi) is 3.59. The van der Waals surface area contributed by atoms with Gasteiger partial charge in [-0.05, 0) is 37.3 Å². The molecule has 2 saturated heterocycles. The normalized spacial score (nSPS) is 28.3. The summed E-state index contributed by atoms with van der Waals surface area (Å²) in [6, 6.07) is 3.89. The van der Waals surface area contributed by atoms with Crippen LogP contribution in [0.15, 0.2) is 24.5 Å². The van der Waals surface area contributed by atoms with Gasteiger partial charge in [-0.3, -0.25) is 9.88 Å². The molecular formula is C17H24N2O2. The summed E-state index contributed by atoms with van der Waals surface area (Å²) in [6.07, 6.45) is 8.97. The van der Waals surface area contributed by atoms with Crippen molar-refractivity contribution in [3.63, 3.8) is 0 Å². The molecular weight excluding hydrogens is 264 g/mol. The van der Waals surface area contributed by atoms with E-state index in [2.05, 4.69) is 9.88 Å². The number of ether oxygens (including phenoxy) is 2. The second-order valence-electron chi connectivity index (χ2n) is 6.87. The van der Waals surface area contributed by atoms with Crippen molar-refractivity contribution in [1.29, 1.82) is 0 Å². The molecule has 4 nitrogen and oxygen atoms in total. The lowest BCUT2D eigenvalue weighted by Gasteiger charge is -2.51. The SMILES string of the molecule is c1cncc(OCC2CCOC23CN(CC2CCC2)C3)c1. The predicted octanol–water partition coefficient (Wildman–Crippen LogP) is 2.35. The lowest BCUT2D eigenvalue weighted by molar-refractivity contribution is -0.143. The Bertz CT molecular complexity index is 469. The average Bonchev–Trinajstić information content (AvgIpc) is 2.84. The second-order valence-corrected chi connectivity index (χ2v) is 6.87. The third-order valence-electron chi connectivity index (χ3n) is 5.41. The van der Waals surface area contributed by atoms with Crippen LogP contribution in [-0.4, -0.2) is 48.3 Å². The summed E-state index contributed by atoms with van der Waals surface area (Å²) in [5, 5.41) is 0. The maximum Gasteiger partial charge on any atom is 0.137 e.